The average Bonchev–Trinajstić information content (AvgIpc) is 3.20. The fraction of sp³-hybridized carbons (Fsp3) is 0.830. The lowest BCUT2D eigenvalue weighted by atomic mass is 9.83. The van der Waals surface area contributed by atoms with Crippen LogP contribution < -0.4 is 5.32 Å². The Morgan fingerprint density at radius 3 is 2.41 bits per heavy atom. The predicted octanol–water partition coefficient (Wildman–Crippen LogP) is 4.08. The fourth-order valence-corrected chi connectivity index (χ4v) is 8.04. The number of cyclic esters (lactones) is 1. The summed E-state index contributed by atoms with van der Waals surface area (Å²) in [5.41, 5.74) is -1.43. The molecule has 0 radical (unpaired) electrons. The Kier molecular flexibility index (Phi) is 25.0. The monoisotopic (exact) mass is 899 g/mol. The summed E-state index contributed by atoms with van der Waals surface area (Å²) in [6, 6.07) is -0.663. The molecule has 3 heterocycles. The zero-order valence-corrected chi connectivity index (χ0v) is 39.7. The highest BCUT2D eigenvalue weighted by Gasteiger charge is 2.51. The molecule has 2 saturated heterocycles. The number of esters is 2. The van der Waals surface area contributed by atoms with Gasteiger partial charge in [0.15, 0.2) is 18.7 Å². The summed E-state index contributed by atoms with van der Waals surface area (Å²) in [5, 5.41) is 38.3. The zero-order valence-electron chi connectivity index (χ0n) is 39.7. The van der Waals surface area contributed by atoms with Gasteiger partial charge in [0.1, 0.15) is 30.0 Å². The summed E-state index contributed by atoms with van der Waals surface area (Å²) in [7, 11) is 5.18. The molecule has 14 atom stereocenters. The molecule has 3 rings (SSSR count). The molecule has 364 valence electrons. The third-order valence-electron chi connectivity index (χ3n) is 11.7. The molecule has 3 aliphatic rings. The number of hydrogen-bond donors (Lipinski definition) is 4. The SMILES string of the molecule is CCCCOCCOCCNCC[C@H]1C[C@@H](C)[C@@H](O)/C=C/C=C/C[C@@H](C)OC(=O)/C=C\C(OC)[C@H]1O[C@@H]1O[C@H](C)[C@@H](O[C@H]2C[C@@](C)(O)[C@@H](OC(=O)CC(C)C)CO2)[C@H](N(C)C)[C@H]1O. The zero-order chi connectivity index (χ0) is 46.5. The Labute approximate surface area is 376 Å². The number of ether oxygens (including phenoxy) is 9. The van der Waals surface area contributed by atoms with E-state index in [4.69, 9.17) is 42.6 Å². The third kappa shape index (κ3) is 19.2. The molecule has 2 fully saturated rings. The maximum atomic E-state index is 13.0. The first-order chi connectivity index (χ1) is 30.0. The average molecular weight is 899 g/mol. The second kappa shape index (κ2) is 28.7. The lowest BCUT2D eigenvalue weighted by molar-refractivity contribution is -0.335. The molecule has 0 aromatic carbocycles. The molecule has 63 heavy (non-hydrogen) atoms. The minimum atomic E-state index is -1.43. The first-order valence-electron chi connectivity index (χ1n) is 23.1. The van der Waals surface area contributed by atoms with Crippen LogP contribution in [0.2, 0.25) is 0 Å². The number of unbranched alkanes of at least 4 members (excludes halogenated alkanes) is 1. The standard InChI is InChI=1S/C47H82N2O14/c1-11-12-23-56-25-26-57-24-22-48-21-20-35-28-32(4)36(50)17-15-13-14-16-33(5)59-39(51)19-18-37(55-10)45(35)63-46-43(53)42(49(8)9)44(34(6)60-46)62-41-29-47(7,54)38(30-58-41)61-40(52)27-31(2)3/h13-15,17-19,31-38,41-46,48,50,53-54H,11-12,16,20-30H2,1-10H3/b14-13+,17-15+,19-18-/t32-,33-,34-,35+,36+,37?,38+,41+,42-,43-,44-,45+,46+,47-/m1/s1. The molecule has 0 aromatic heterocycles. The van der Waals surface area contributed by atoms with Crippen LogP contribution in [0, 0.1) is 17.8 Å². The summed E-state index contributed by atoms with van der Waals surface area (Å²) in [4.78, 5) is 27.3. The Hall–Kier alpha value is -2.32. The molecule has 4 N–H and O–H groups in total. The van der Waals surface area contributed by atoms with Crippen molar-refractivity contribution in [1.82, 2.24) is 10.2 Å². The molecule has 0 aromatic rings. The van der Waals surface area contributed by atoms with Gasteiger partial charge in [-0.05, 0) is 84.5 Å². The van der Waals surface area contributed by atoms with Gasteiger partial charge in [-0.25, -0.2) is 4.79 Å². The van der Waals surface area contributed by atoms with E-state index in [0.29, 0.717) is 52.2 Å². The van der Waals surface area contributed by atoms with E-state index >= 15 is 0 Å². The maximum Gasteiger partial charge on any atom is 0.330 e. The third-order valence-corrected chi connectivity index (χ3v) is 11.7. The van der Waals surface area contributed by atoms with Crippen molar-refractivity contribution >= 4 is 11.9 Å². The maximum absolute atomic E-state index is 13.0. The molecule has 1 unspecified atom stereocenters. The minimum Gasteiger partial charge on any atom is -0.459 e. The molecule has 0 amide bonds. The number of methoxy groups -OCH3 is 1. The molecule has 0 aliphatic carbocycles. The number of nitrogens with one attached hydrogen (secondary N) is 1. The second-order valence-corrected chi connectivity index (χ2v) is 18.2. The van der Waals surface area contributed by atoms with Crippen molar-refractivity contribution < 1.29 is 67.5 Å². The van der Waals surface area contributed by atoms with E-state index in [-0.39, 0.29) is 37.2 Å². The first-order valence-corrected chi connectivity index (χ1v) is 23.1. The van der Waals surface area contributed by atoms with Gasteiger partial charge in [0, 0.05) is 45.6 Å². The molecule has 16 heteroatoms. The van der Waals surface area contributed by atoms with E-state index in [9.17, 15) is 24.9 Å². The number of hydrogen-bond acceptors (Lipinski definition) is 16. The Bertz CT molecular complexity index is 1390. The van der Waals surface area contributed by atoms with Crippen LogP contribution in [0.3, 0.4) is 0 Å². The Morgan fingerprint density at radius 2 is 1.75 bits per heavy atom. The first kappa shape index (κ1) is 55.0. The van der Waals surface area contributed by atoms with Gasteiger partial charge in [-0.15, -0.1) is 0 Å². The van der Waals surface area contributed by atoms with Gasteiger partial charge in [0.2, 0.25) is 0 Å². The molecule has 3 aliphatic heterocycles. The van der Waals surface area contributed by atoms with Crippen molar-refractivity contribution in [2.75, 3.05) is 67.3 Å². The van der Waals surface area contributed by atoms with Gasteiger partial charge in [0.25, 0.3) is 0 Å². The molecular formula is C47H82N2O14. The number of aliphatic hydroxyl groups excluding tert-OH is 2. The lowest BCUT2D eigenvalue weighted by Crippen LogP contribution is -2.65. The second-order valence-electron chi connectivity index (χ2n) is 18.2. The number of rotatable bonds is 21. The Balaban J connectivity index is 1.86. The lowest BCUT2D eigenvalue weighted by Gasteiger charge is -2.49. The summed E-state index contributed by atoms with van der Waals surface area (Å²) in [5.74, 6) is -1.33. The molecular weight excluding hydrogens is 817 g/mol. The van der Waals surface area contributed by atoms with E-state index in [0.717, 1.165) is 19.4 Å². The smallest absolute Gasteiger partial charge is 0.330 e. The number of nitrogens with zero attached hydrogens (tertiary/aromatic N) is 1. The van der Waals surface area contributed by atoms with Crippen LogP contribution in [-0.4, -0.2) is 173 Å². The normalized spacial score (nSPS) is 36.5. The molecule has 0 saturated carbocycles. The number of carbonyl (C=O) groups excluding carboxylic acids is 2. The van der Waals surface area contributed by atoms with Crippen LogP contribution in [0.1, 0.15) is 93.4 Å². The predicted molar refractivity (Wildman–Crippen MR) is 238 cm³/mol. The van der Waals surface area contributed by atoms with Crippen molar-refractivity contribution in [1.29, 1.82) is 0 Å². The fourth-order valence-electron chi connectivity index (χ4n) is 8.04. The van der Waals surface area contributed by atoms with Crippen molar-refractivity contribution in [2.45, 2.75) is 166 Å². The van der Waals surface area contributed by atoms with E-state index in [1.54, 1.807) is 32.1 Å². The van der Waals surface area contributed by atoms with Gasteiger partial charge in [-0.2, -0.15) is 0 Å². The van der Waals surface area contributed by atoms with Crippen LogP contribution in [0.4, 0.5) is 0 Å². The van der Waals surface area contributed by atoms with Crippen molar-refractivity contribution in [3.63, 3.8) is 0 Å². The van der Waals surface area contributed by atoms with Crippen LogP contribution >= 0.6 is 0 Å². The Morgan fingerprint density at radius 1 is 1.02 bits per heavy atom. The van der Waals surface area contributed by atoms with Gasteiger partial charge < -0.3 is 68.2 Å². The summed E-state index contributed by atoms with van der Waals surface area (Å²) < 4.78 is 54.5. The van der Waals surface area contributed by atoms with E-state index in [2.05, 4.69) is 12.2 Å². The van der Waals surface area contributed by atoms with Crippen molar-refractivity contribution in [3.05, 3.63) is 36.5 Å². The highest BCUT2D eigenvalue weighted by Crippen LogP contribution is 2.36. The van der Waals surface area contributed by atoms with Gasteiger partial charge in [0.05, 0.1) is 50.8 Å². The van der Waals surface area contributed by atoms with Gasteiger partial charge in [-0.3, -0.25) is 4.79 Å². The van der Waals surface area contributed by atoms with Gasteiger partial charge >= 0.3 is 11.9 Å². The number of carbonyl (C=O) groups is 2. The number of aliphatic hydroxyl groups is 3. The van der Waals surface area contributed by atoms with Crippen LogP contribution in [0.15, 0.2) is 36.5 Å². The number of allylic oxidation sites excluding steroid dienone is 2. The topological polar surface area (TPSA) is 193 Å². The van der Waals surface area contributed by atoms with E-state index < -0.39 is 85.0 Å². The van der Waals surface area contributed by atoms with Crippen molar-refractivity contribution in [3.8, 4) is 0 Å². The van der Waals surface area contributed by atoms with Crippen LogP contribution in [0.25, 0.3) is 0 Å². The summed E-state index contributed by atoms with van der Waals surface area (Å²) >= 11 is 0. The highest BCUT2D eigenvalue weighted by molar-refractivity contribution is 5.82. The molecule has 0 spiro atoms. The van der Waals surface area contributed by atoms with Crippen LogP contribution in [-0.2, 0) is 52.2 Å². The largest absolute Gasteiger partial charge is 0.459 e. The van der Waals surface area contributed by atoms with E-state index in [1.165, 1.54) is 13.2 Å². The van der Waals surface area contributed by atoms with E-state index in [1.807, 2.05) is 58.8 Å². The molecule has 0 bridgehead atoms. The van der Waals surface area contributed by atoms with Crippen molar-refractivity contribution in [2.24, 2.45) is 17.8 Å². The summed E-state index contributed by atoms with van der Waals surface area (Å²) in [6.07, 6.45) is 5.87. The minimum absolute atomic E-state index is 0.0158. The summed E-state index contributed by atoms with van der Waals surface area (Å²) in [6.45, 7) is 16.6. The molecule has 16 nitrogen and oxygen atoms in total. The quantitative estimate of drug-likeness (QED) is 0.0951. The number of likely N-dealkylation sites (N-methyl/N-ethyl adjacent to an activating group) is 1. The van der Waals surface area contributed by atoms with Crippen LogP contribution in [0.5, 0.6) is 0 Å². The highest BCUT2D eigenvalue weighted by atomic mass is 16.7. The van der Waals surface area contributed by atoms with Gasteiger partial charge in [-0.1, -0.05) is 58.4 Å².